The van der Waals surface area contributed by atoms with Crippen molar-refractivity contribution in [3.63, 3.8) is 0 Å². The lowest BCUT2D eigenvalue weighted by molar-refractivity contribution is -0.117. The predicted molar refractivity (Wildman–Crippen MR) is 76.8 cm³/mol. The number of ether oxygens (including phenoxy) is 1. The fraction of sp³-hybridized carbons (Fsp3) is 0.562. The van der Waals surface area contributed by atoms with Crippen LogP contribution in [-0.4, -0.2) is 23.7 Å². The van der Waals surface area contributed by atoms with Crippen molar-refractivity contribution in [3.8, 4) is 0 Å². The first kappa shape index (κ1) is 13.6. The highest BCUT2D eigenvalue weighted by atomic mass is 16.5. The number of carbonyl (C=O) groups excluding carboxylic acids is 1. The minimum atomic E-state index is -0.602. The third kappa shape index (κ3) is 2.13. The molecule has 0 saturated carbocycles. The number of aryl methyl sites for hydroxylation is 1. The number of aliphatic hydroxyl groups is 1. The van der Waals surface area contributed by atoms with Crippen molar-refractivity contribution >= 4 is 11.6 Å². The molecule has 20 heavy (non-hydrogen) atoms. The van der Waals surface area contributed by atoms with Crippen LogP contribution in [0.5, 0.6) is 0 Å². The lowest BCUT2D eigenvalue weighted by Gasteiger charge is -2.20. The van der Waals surface area contributed by atoms with Crippen molar-refractivity contribution in [2.75, 3.05) is 11.9 Å². The first-order chi connectivity index (χ1) is 9.61. The van der Waals surface area contributed by atoms with Gasteiger partial charge in [-0.25, -0.2) is 0 Å². The van der Waals surface area contributed by atoms with E-state index in [-0.39, 0.29) is 17.9 Å². The van der Waals surface area contributed by atoms with Crippen LogP contribution in [-0.2, 0) is 9.53 Å². The van der Waals surface area contributed by atoms with E-state index in [1.54, 1.807) is 0 Å². The Hall–Kier alpha value is -1.39. The van der Waals surface area contributed by atoms with Gasteiger partial charge in [0.15, 0.2) is 0 Å². The highest BCUT2D eigenvalue weighted by molar-refractivity contribution is 6.03. The van der Waals surface area contributed by atoms with Crippen molar-refractivity contribution in [3.05, 3.63) is 28.8 Å². The molecule has 4 heteroatoms. The molecule has 1 aromatic carbocycles. The van der Waals surface area contributed by atoms with Gasteiger partial charge in [-0.15, -0.1) is 0 Å². The molecule has 3 unspecified atom stereocenters. The van der Waals surface area contributed by atoms with Gasteiger partial charge < -0.3 is 15.2 Å². The van der Waals surface area contributed by atoms with Crippen LogP contribution in [0, 0.1) is 6.92 Å². The van der Waals surface area contributed by atoms with E-state index in [4.69, 9.17) is 4.74 Å². The molecule has 0 aliphatic carbocycles. The Bertz CT molecular complexity index is 535. The lowest BCUT2D eigenvalue weighted by Crippen LogP contribution is -2.17. The largest absolute Gasteiger partial charge is 0.386 e. The molecule has 3 rings (SSSR count). The Morgan fingerprint density at radius 1 is 1.50 bits per heavy atom. The first-order valence-electron chi connectivity index (χ1n) is 7.36. The molecular formula is C16H21NO3. The fourth-order valence-corrected chi connectivity index (χ4v) is 3.28. The average molecular weight is 275 g/mol. The standard InChI is InChI=1S/C16H21NO3/c1-3-11-12-8-10(15(18)13-5-4-6-20-13)7-9(2)14(12)17-16(11)19/h7-8,11,13,15,18H,3-6H2,1-2H3,(H,17,19). The van der Waals surface area contributed by atoms with Gasteiger partial charge in [0.1, 0.15) is 6.10 Å². The number of benzene rings is 1. The summed E-state index contributed by atoms with van der Waals surface area (Å²) in [5.74, 6) is -0.0327. The van der Waals surface area contributed by atoms with E-state index in [0.29, 0.717) is 0 Å². The number of rotatable bonds is 3. The van der Waals surface area contributed by atoms with Gasteiger partial charge in [-0.05, 0) is 42.9 Å². The van der Waals surface area contributed by atoms with E-state index in [1.807, 2.05) is 26.0 Å². The van der Waals surface area contributed by atoms with Gasteiger partial charge in [0.2, 0.25) is 5.91 Å². The number of fused-ring (bicyclic) bond motifs is 1. The second-order valence-corrected chi connectivity index (χ2v) is 5.75. The predicted octanol–water partition coefficient (Wildman–Crippen LogP) is 2.65. The van der Waals surface area contributed by atoms with Gasteiger partial charge in [-0.3, -0.25) is 4.79 Å². The Kier molecular flexibility index (Phi) is 3.52. The van der Waals surface area contributed by atoms with E-state index >= 15 is 0 Å². The Balaban J connectivity index is 1.96. The van der Waals surface area contributed by atoms with E-state index in [1.165, 1.54) is 0 Å². The highest BCUT2D eigenvalue weighted by Gasteiger charge is 2.32. The van der Waals surface area contributed by atoms with Crippen LogP contribution >= 0.6 is 0 Å². The zero-order valence-electron chi connectivity index (χ0n) is 12.0. The summed E-state index contributed by atoms with van der Waals surface area (Å²) in [7, 11) is 0. The second-order valence-electron chi connectivity index (χ2n) is 5.75. The maximum absolute atomic E-state index is 12.0. The zero-order chi connectivity index (χ0) is 14.3. The Morgan fingerprint density at radius 3 is 2.95 bits per heavy atom. The van der Waals surface area contributed by atoms with Crippen LogP contribution in [0.25, 0.3) is 0 Å². The van der Waals surface area contributed by atoms with E-state index in [2.05, 4.69) is 5.32 Å². The fourth-order valence-electron chi connectivity index (χ4n) is 3.28. The number of amides is 1. The van der Waals surface area contributed by atoms with Crippen molar-refractivity contribution < 1.29 is 14.6 Å². The molecular weight excluding hydrogens is 254 g/mol. The second kappa shape index (κ2) is 5.19. The minimum absolute atomic E-state index is 0.0642. The van der Waals surface area contributed by atoms with Crippen LogP contribution in [0.2, 0.25) is 0 Å². The molecule has 1 amide bonds. The topological polar surface area (TPSA) is 58.6 Å². The third-order valence-electron chi connectivity index (χ3n) is 4.40. The molecule has 0 bridgehead atoms. The maximum Gasteiger partial charge on any atom is 0.232 e. The van der Waals surface area contributed by atoms with Gasteiger partial charge >= 0.3 is 0 Å². The molecule has 3 atom stereocenters. The molecule has 1 fully saturated rings. The smallest absolute Gasteiger partial charge is 0.232 e. The maximum atomic E-state index is 12.0. The van der Waals surface area contributed by atoms with Crippen LogP contribution in [0.15, 0.2) is 12.1 Å². The number of aliphatic hydroxyl groups excluding tert-OH is 1. The molecule has 2 aliphatic heterocycles. The number of nitrogens with one attached hydrogen (secondary N) is 1. The number of carbonyl (C=O) groups is 1. The van der Waals surface area contributed by atoms with Gasteiger partial charge in [0.25, 0.3) is 0 Å². The number of anilines is 1. The number of hydrogen-bond donors (Lipinski definition) is 2. The van der Waals surface area contributed by atoms with E-state index < -0.39 is 6.10 Å². The molecule has 2 heterocycles. The summed E-state index contributed by atoms with van der Waals surface area (Å²) < 4.78 is 5.57. The average Bonchev–Trinajstić information content (AvgIpc) is 3.05. The number of hydrogen-bond acceptors (Lipinski definition) is 3. The Labute approximate surface area is 119 Å². The quantitative estimate of drug-likeness (QED) is 0.891. The normalized spacial score (nSPS) is 26.4. The summed E-state index contributed by atoms with van der Waals surface area (Å²) in [6.07, 6.45) is 1.96. The van der Waals surface area contributed by atoms with Crippen LogP contribution in [0.1, 0.15) is 54.9 Å². The summed E-state index contributed by atoms with van der Waals surface area (Å²) in [4.78, 5) is 12.0. The molecule has 2 aliphatic rings. The highest BCUT2D eigenvalue weighted by Crippen LogP contribution is 2.39. The zero-order valence-corrected chi connectivity index (χ0v) is 12.0. The lowest BCUT2D eigenvalue weighted by atomic mass is 9.91. The Morgan fingerprint density at radius 2 is 2.30 bits per heavy atom. The van der Waals surface area contributed by atoms with Crippen molar-refractivity contribution in [2.45, 2.75) is 51.2 Å². The van der Waals surface area contributed by atoms with E-state index in [0.717, 1.165) is 48.2 Å². The summed E-state index contributed by atoms with van der Waals surface area (Å²) in [6, 6.07) is 3.93. The molecule has 1 saturated heterocycles. The first-order valence-corrected chi connectivity index (χ1v) is 7.36. The van der Waals surface area contributed by atoms with Crippen LogP contribution in [0.4, 0.5) is 5.69 Å². The summed E-state index contributed by atoms with van der Waals surface area (Å²) in [6.45, 7) is 4.71. The molecule has 0 aromatic heterocycles. The van der Waals surface area contributed by atoms with Crippen molar-refractivity contribution in [2.24, 2.45) is 0 Å². The summed E-state index contributed by atoms with van der Waals surface area (Å²) in [5.41, 5.74) is 3.82. The van der Waals surface area contributed by atoms with E-state index in [9.17, 15) is 9.90 Å². The molecule has 1 aromatic rings. The van der Waals surface area contributed by atoms with Gasteiger partial charge in [-0.2, -0.15) is 0 Å². The van der Waals surface area contributed by atoms with Crippen LogP contribution in [0.3, 0.4) is 0 Å². The minimum Gasteiger partial charge on any atom is -0.386 e. The molecule has 0 spiro atoms. The molecule has 2 N–H and O–H groups in total. The third-order valence-corrected chi connectivity index (χ3v) is 4.40. The molecule has 108 valence electrons. The summed E-state index contributed by atoms with van der Waals surface area (Å²) in [5, 5.41) is 13.4. The van der Waals surface area contributed by atoms with Gasteiger partial charge in [0, 0.05) is 12.3 Å². The SMILES string of the molecule is CCC1C(=O)Nc2c(C)cc(C(O)C3CCCO3)cc21. The van der Waals surface area contributed by atoms with Crippen molar-refractivity contribution in [1.82, 2.24) is 0 Å². The molecule has 0 radical (unpaired) electrons. The van der Waals surface area contributed by atoms with Gasteiger partial charge in [0.05, 0.1) is 12.0 Å². The van der Waals surface area contributed by atoms with Gasteiger partial charge in [-0.1, -0.05) is 19.1 Å². The summed E-state index contributed by atoms with van der Waals surface area (Å²) >= 11 is 0. The molecule has 4 nitrogen and oxygen atoms in total. The van der Waals surface area contributed by atoms with Crippen molar-refractivity contribution in [1.29, 1.82) is 0 Å². The van der Waals surface area contributed by atoms with Crippen LogP contribution < -0.4 is 5.32 Å². The monoisotopic (exact) mass is 275 g/mol.